The fourth-order valence-electron chi connectivity index (χ4n) is 5.34. The average Bonchev–Trinajstić information content (AvgIpc) is 3.14. The maximum atomic E-state index is 15.3. The number of methoxy groups -OCH3 is 8. The molecule has 4 aromatic rings. The van der Waals surface area contributed by atoms with Crippen LogP contribution in [0.3, 0.4) is 0 Å². The van der Waals surface area contributed by atoms with Crippen LogP contribution in [-0.2, 0) is 9.84 Å². The van der Waals surface area contributed by atoms with E-state index in [1.165, 1.54) is 42.7 Å². The molecular weight excluding hydrogens is 648 g/mol. The number of benzene rings is 4. The van der Waals surface area contributed by atoms with Gasteiger partial charge in [0.15, 0.2) is 9.84 Å². The Kier molecular flexibility index (Phi) is 12.5. The van der Waals surface area contributed by atoms with Crippen molar-refractivity contribution in [1.82, 2.24) is 0 Å². The third-order valence-corrected chi connectivity index (χ3v) is 10.2. The van der Waals surface area contributed by atoms with E-state index >= 15 is 8.42 Å². The quantitative estimate of drug-likeness (QED) is 0.118. The fraction of sp³-hybridized carbons (Fsp3) is 0.263. The molecule has 4 rings (SSSR count). The molecule has 0 radical (unpaired) electrons. The smallest absolute Gasteiger partial charge is 0.171 e. The topological polar surface area (TPSA) is 108 Å². The van der Waals surface area contributed by atoms with E-state index in [2.05, 4.69) is 0 Å². The summed E-state index contributed by atoms with van der Waals surface area (Å²) in [5.41, 5.74) is 2.10. The van der Waals surface area contributed by atoms with Crippen LogP contribution in [0.25, 0.3) is 12.2 Å². The minimum Gasteiger partial charge on any atom is -0.497 e. The van der Waals surface area contributed by atoms with Crippen LogP contribution in [0.1, 0.15) is 32.8 Å². The van der Waals surface area contributed by atoms with Crippen LogP contribution < -0.4 is 37.9 Å². The van der Waals surface area contributed by atoms with Crippen molar-refractivity contribution in [1.29, 1.82) is 0 Å². The summed E-state index contributed by atoms with van der Waals surface area (Å²) in [4.78, 5) is 0. The Morgan fingerprint density at radius 1 is 0.429 bits per heavy atom. The molecule has 0 N–H and O–H groups in total. The van der Waals surface area contributed by atoms with E-state index in [1.54, 1.807) is 111 Å². The van der Waals surface area contributed by atoms with E-state index in [9.17, 15) is 0 Å². The van der Waals surface area contributed by atoms with Crippen molar-refractivity contribution >= 4 is 22.0 Å². The van der Waals surface area contributed by atoms with Crippen molar-refractivity contribution in [3.8, 4) is 46.0 Å². The number of sulfone groups is 1. The van der Waals surface area contributed by atoms with Crippen LogP contribution in [0.2, 0.25) is 0 Å². The first-order valence-corrected chi connectivity index (χ1v) is 16.8. The molecule has 0 aromatic heterocycles. The van der Waals surface area contributed by atoms with Crippen molar-refractivity contribution in [2.45, 2.75) is 10.5 Å². The minimum atomic E-state index is -4.22. The van der Waals surface area contributed by atoms with E-state index in [4.69, 9.17) is 37.9 Å². The lowest BCUT2D eigenvalue weighted by atomic mass is 10.1. The molecule has 10 nitrogen and oxygen atoms in total. The molecule has 260 valence electrons. The molecule has 49 heavy (non-hydrogen) atoms. The number of hydrogen-bond acceptors (Lipinski definition) is 10. The van der Waals surface area contributed by atoms with E-state index in [0.717, 1.165) is 0 Å². The standard InChI is InChI=1S/C38H42O10S/c1-41-27-13-9-25(33(21-27)45-5)11-19-37(31-17-15-29(43-3)23-35(31)47-7)49(39,40)38(32-18-16-30(44-4)24-36(32)48-8)20-12-26-10-14-28(42-2)22-34(26)46-6/h9-24,37-38H,1-8H3/b19-11-,20-12-. The zero-order valence-electron chi connectivity index (χ0n) is 28.9. The van der Waals surface area contributed by atoms with Crippen LogP contribution in [-0.4, -0.2) is 65.3 Å². The molecule has 0 aliphatic heterocycles. The van der Waals surface area contributed by atoms with Gasteiger partial charge in [-0.2, -0.15) is 0 Å². The normalized spacial score (nSPS) is 12.7. The van der Waals surface area contributed by atoms with Crippen molar-refractivity contribution < 1.29 is 46.3 Å². The lowest BCUT2D eigenvalue weighted by Crippen LogP contribution is -2.20. The Labute approximate surface area is 288 Å². The first-order valence-electron chi connectivity index (χ1n) is 15.1. The average molecular weight is 691 g/mol. The Balaban J connectivity index is 1.99. The monoisotopic (exact) mass is 690 g/mol. The Morgan fingerprint density at radius 2 is 0.735 bits per heavy atom. The van der Waals surface area contributed by atoms with Gasteiger partial charge >= 0.3 is 0 Å². The van der Waals surface area contributed by atoms with Crippen LogP contribution in [0.4, 0.5) is 0 Å². The molecule has 2 unspecified atom stereocenters. The highest BCUT2D eigenvalue weighted by atomic mass is 32.2. The molecule has 0 saturated carbocycles. The highest BCUT2D eigenvalue weighted by molar-refractivity contribution is 7.92. The van der Waals surface area contributed by atoms with Crippen molar-refractivity contribution in [2.75, 3.05) is 56.9 Å². The summed E-state index contributed by atoms with van der Waals surface area (Å²) in [6, 6.07) is 20.7. The molecule has 4 aromatic carbocycles. The second kappa shape index (κ2) is 16.7. The number of hydrogen-bond donors (Lipinski definition) is 0. The molecule has 2 atom stereocenters. The van der Waals surface area contributed by atoms with Gasteiger partial charge in [-0.3, -0.25) is 0 Å². The van der Waals surface area contributed by atoms with E-state index in [1.807, 2.05) is 0 Å². The first kappa shape index (κ1) is 36.5. The Hall–Kier alpha value is -5.29. The van der Waals surface area contributed by atoms with Gasteiger partial charge in [-0.15, -0.1) is 0 Å². The van der Waals surface area contributed by atoms with Crippen LogP contribution in [0.15, 0.2) is 84.9 Å². The largest absolute Gasteiger partial charge is 0.497 e. The zero-order chi connectivity index (χ0) is 35.6. The lowest BCUT2D eigenvalue weighted by molar-refractivity contribution is 0.390. The summed E-state index contributed by atoms with van der Waals surface area (Å²) in [7, 11) is 8.00. The number of rotatable bonds is 16. The lowest BCUT2D eigenvalue weighted by Gasteiger charge is -2.24. The molecule has 0 aliphatic rings. The minimum absolute atomic E-state index is 0.334. The summed E-state index contributed by atoms with van der Waals surface area (Å²) in [5.74, 6) is 3.90. The summed E-state index contributed by atoms with van der Waals surface area (Å²) in [5, 5.41) is -2.45. The van der Waals surface area contributed by atoms with Gasteiger partial charge in [0.1, 0.15) is 56.5 Å². The van der Waals surface area contributed by atoms with Gasteiger partial charge in [-0.25, -0.2) is 8.42 Å². The van der Waals surface area contributed by atoms with Gasteiger partial charge < -0.3 is 37.9 Å². The summed E-state index contributed by atoms with van der Waals surface area (Å²) in [6.07, 6.45) is 6.66. The van der Waals surface area contributed by atoms with Gasteiger partial charge in [0.2, 0.25) is 0 Å². The third-order valence-electron chi connectivity index (χ3n) is 7.98. The maximum Gasteiger partial charge on any atom is 0.171 e. The van der Waals surface area contributed by atoms with Gasteiger partial charge in [-0.05, 0) is 36.4 Å². The SMILES string of the molecule is COc1ccc(/C=C\C(c2ccc(OC)cc2OC)S(=O)(=O)C(/C=C\c2ccc(OC)cc2OC)c2ccc(OC)cc2OC)c(OC)c1. The molecule has 0 fully saturated rings. The van der Waals surface area contributed by atoms with E-state index in [0.29, 0.717) is 68.2 Å². The predicted molar refractivity (Wildman–Crippen MR) is 191 cm³/mol. The van der Waals surface area contributed by atoms with E-state index < -0.39 is 20.3 Å². The summed E-state index contributed by atoms with van der Waals surface area (Å²) < 4.78 is 74.7. The Bertz CT molecular complexity index is 1770. The number of ether oxygens (including phenoxy) is 8. The second-order valence-corrected chi connectivity index (χ2v) is 12.8. The van der Waals surface area contributed by atoms with Crippen molar-refractivity contribution in [3.63, 3.8) is 0 Å². The highest BCUT2D eigenvalue weighted by Gasteiger charge is 2.37. The molecule has 0 bridgehead atoms. The first-order chi connectivity index (χ1) is 23.7. The molecule has 11 heteroatoms. The molecule has 0 spiro atoms. The van der Waals surface area contributed by atoms with Crippen molar-refractivity contribution in [2.24, 2.45) is 0 Å². The van der Waals surface area contributed by atoms with Crippen molar-refractivity contribution in [3.05, 3.63) is 107 Å². The summed E-state index contributed by atoms with van der Waals surface area (Å²) in [6.45, 7) is 0. The third kappa shape index (κ3) is 8.24. The molecule has 0 amide bonds. The molecule has 0 heterocycles. The zero-order valence-corrected chi connectivity index (χ0v) is 29.7. The molecule has 0 saturated heterocycles. The van der Waals surface area contributed by atoms with Gasteiger partial charge in [0.25, 0.3) is 0 Å². The molecular formula is C38H42O10S. The van der Waals surface area contributed by atoms with Crippen LogP contribution in [0, 0.1) is 0 Å². The maximum absolute atomic E-state index is 15.3. The predicted octanol–water partition coefficient (Wildman–Crippen LogP) is 7.38. The van der Waals surface area contributed by atoms with Crippen LogP contribution >= 0.6 is 0 Å². The Morgan fingerprint density at radius 3 is 1.04 bits per heavy atom. The van der Waals surface area contributed by atoms with Gasteiger partial charge in [0.05, 0.1) is 56.9 Å². The van der Waals surface area contributed by atoms with Crippen LogP contribution in [0.5, 0.6) is 46.0 Å². The van der Waals surface area contributed by atoms with Gasteiger partial charge in [0, 0.05) is 46.5 Å². The van der Waals surface area contributed by atoms with E-state index in [-0.39, 0.29) is 0 Å². The molecule has 0 aliphatic carbocycles. The second-order valence-electron chi connectivity index (χ2n) is 10.6. The summed E-state index contributed by atoms with van der Waals surface area (Å²) >= 11 is 0. The fourth-order valence-corrected chi connectivity index (χ4v) is 7.35. The highest BCUT2D eigenvalue weighted by Crippen LogP contribution is 2.45. The van der Waals surface area contributed by atoms with Gasteiger partial charge in [-0.1, -0.05) is 36.4 Å².